The van der Waals surface area contributed by atoms with Gasteiger partial charge in [-0.05, 0) is 31.0 Å². The molecule has 0 radical (unpaired) electrons. The van der Waals surface area contributed by atoms with Gasteiger partial charge in [0.15, 0.2) is 5.65 Å². The number of piperidine rings is 1. The minimum absolute atomic E-state index is 0.455. The second kappa shape index (κ2) is 5.57. The fourth-order valence-corrected chi connectivity index (χ4v) is 3.34. The van der Waals surface area contributed by atoms with E-state index in [-0.39, 0.29) is 0 Å². The third-order valence-corrected chi connectivity index (χ3v) is 4.54. The predicted molar refractivity (Wildman–Crippen MR) is 87.3 cm³/mol. The van der Waals surface area contributed by atoms with Gasteiger partial charge in [-0.15, -0.1) is 0 Å². The molecular weight excluding hydrogens is 298 g/mol. The molecule has 22 heavy (non-hydrogen) atoms. The molecule has 0 aromatic carbocycles. The molecule has 1 atom stereocenters. The number of nitrogens with one attached hydrogen (secondary N) is 1. The van der Waals surface area contributed by atoms with Crippen LogP contribution in [-0.4, -0.2) is 33.3 Å². The molecule has 3 aromatic heterocycles. The molecule has 0 saturated carbocycles. The molecule has 6 heteroatoms. The van der Waals surface area contributed by atoms with Gasteiger partial charge in [0, 0.05) is 48.5 Å². The maximum absolute atomic E-state index is 6.39. The molecule has 0 bridgehead atoms. The Morgan fingerprint density at radius 1 is 1.27 bits per heavy atom. The molecule has 1 N–H and O–H groups in total. The molecule has 0 aliphatic carbocycles. The van der Waals surface area contributed by atoms with Crippen molar-refractivity contribution in [2.75, 3.05) is 18.0 Å². The number of anilines is 1. The SMILES string of the molecule is Clc1cc(N2CCCC(c3ccn[nH]3)C2)nc2ncccc12. The molecule has 112 valence electrons. The Balaban J connectivity index is 1.66. The third-order valence-electron chi connectivity index (χ3n) is 4.23. The van der Waals surface area contributed by atoms with Gasteiger partial charge >= 0.3 is 0 Å². The van der Waals surface area contributed by atoms with Crippen molar-refractivity contribution in [3.8, 4) is 0 Å². The van der Waals surface area contributed by atoms with Gasteiger partial charge in [-0.25, -0.2) is 9.97 Å². The van der Waals surface area contributed by atoms with Crippen molar-refractivity contribution in [2.45, 2.75) is 18.8 Å². The summed E-state index contributed by atoms with van der Waals surface area (Å²) in [6.45, 7) is 1.91. The van der Waals surface area contributed by atoms with E-state index in [1.807, 2.05) is 24.4 Å². The van der Waals surface area contributed by atoms with Crippen LogP contribution in [0.4, 0.5) is 5.82 Å². The van der Waals surface area contributed by atoms with Crippen molar-refractivity contribution in [2.24, 2.45) is 0 Å². The highest BCUT2D eigenvalue weighted by Crippen LogP contribution is 2.31. The largest absolute Gasteiger partial charge is 0.356 e. The van der Waals surface area contributed by atoms with Crippen LogP contribution in [-0.2, 0) is 0 Å². The molecule has 0 spiro atoms. The number of H-pyrrole nitrogens is 1. The van der Waals surface area contributed by atoms with Gasteiger partial charge < -0.3 is 4.90 Å². The van der Waals surface area contributed by atoms with Gasteiger partial charge in [0.2, 0.25) is 0 Å². The van der Waals surface area contributed by atoms with E-state index in [4.69, 9.17) is 11.6 Å². The Hall–Kier alpha value is -2.14. The van der Waals surface area contributed by atoms with E-state index in [0.717, 1.165) is 37.1 Å². The molecular formula is C16H16ClN5. The van der Waals surface area contributed by atoms with Crippen molar-refractivity contribution < 1.29 is 0 Å². The number of pyridine rings is 2. The highest BCUT2D eigenvalue weighted by atomic mass is 35.5. The number of nitrogens with zero attached hydrogens (tertiary/aromatic N) is 4. The zero-order chi connectivity index (χ0) is 14.9. The standard InChI is InChI=1S/C16H16ClN5/c17-13-9-15(20-16-12(13)4-1-6-18-16)22-8-2-3-11(10-22)14-5-7-19-21-14/h1,4-7,9,11H,2-3,8,10H2,(H,19,21). The van der Waals surface area contributed by atoms with Crippen LogP contribution in [0.2, 0.25) is 5.02 Å². The van der Waals surface area contributed by atoms with Crippen LogP contribution < -0.4 is 4.90 Å². The number of hydrogen-bond acceptors (Lipinski definition) is 4. The van der Waals surface area contributed by atoms with Crippen molar-refractivity contribution >= 4 is 28.5 Å². The highest BCUT2D eigenvalue weighted by Gasteiger charge is 2.23. The molecule has 5 nitrogen and oxygen atoms in total. The summed E-state index contributed by atoms with van der Waals surface area (Å²) in [5, 5.41) is 8.75. The van der Waals surface area contributed by atoms with Gasteiger partial charge in [0.1, 0.15) is 5.82 Å². The minimum Gasteiger partial charge on any atom is -0.356 e. The summed E-state index contributed by atoms with van der Waals surface area (Å²) in [6, 6.07) is 7.83. The predicted octanol–water partition coefficient (Wildman–Crippen LogP) is 3.39. The quantitative estimate of drug-likeness (QED) is 0.788. The van der Waals surface area contributed by atoms with Gasteiger partial charge in [0.05, 0.1) is 5.02 Å². The van der Waals surface area contributed by atoms with E-state index in [0.29, 0.717) is 16.6 Å². The summed E-state index contributed by atoms with van der Waals surface area (Å²) in [7, 11) is 0. The molecule has 3 aromatic rings. The minimum atomic E-state index is 0.455. The Bertz CT molecular complexity index is 786. The van der Waals surface area contributed by atoms with Crippen LogP contribution in [0, 0.1) is 0 Å². The number of aromatic amines is 1. The normalized spacial score (nSPS) is 18.8. The zero-order valence-electron chi connectivity index (χ0n) is 12.0. The van der Waals surface area contributed by atoms with E-state index in [1.165, 1.54) is 5.69 Å². The van der Waals surface area contributed by atoms with E-state index in [2.05, 4.69) is 31.1 Å². The number of rotatable bonds is 2. The summed E-state index contributed by atoms with van der Waals surface area (Å²) in [5.41, 5.74) is 1.89. The van der Waals surface area contributed by atoms with Crippen LogP contribution in [0.1, 0.15) is 24.5 Å². The molecule has 1 aliphatic heterocycles. The molecule has 1 fully saturated rings. The summed E-state index contributed by atoms with van der Waals surface area (Å²) in [6.07, 6.45) is 5.85. The molecule has 1 unspecified atom stereocenters. The average Bonchev–Trinajstić information content (AvgIpc) is 3.09. The van der Waals surface area contributed by atoms with Crippen molar-refractivity contribution in [1.82, 2.24) is 20.2 Å². The molecule has 1 saturated heterocycles. The lowest BCUT2D eigenvalue weighted by Gasteiger charge is -2.33. The van der Waals surface area contributed by atoms with Gasteiger partial charge in [-0.2, -0.15) is 5.10 Å². The third kappa shape index (κ3) is 2.41. The lowest BCUT2D eigenvalue weighted by atomic mass is 9.95. The van der Waals surface area contributed by atoms with Crippen LogP contribution in [0.5, 0.6) is 0 Å². The van der Waals surface area contributed by atoms with Gasteiger partial charge in [-0.3, -0.25) is 5.10 Å². The first-order chi connectivity index (χ1) is 10.8. The maximum atomic E-state index is 6.39. The van der Waals surface area contributed by atoms with Crippen molar-refractivity contribution in [3.05, 3.63) is 47.4 Å². The first-order valence-corrected chi connectivity index (χ1v) is 7.84. The van der Waals surface area contributed by atoms with Gasteiger partial charge in [-0.1, -0.05) is 11.6 Å². The second-order valence-corrected chi connectivity index (χ2v) is 6.04. The average molecular weight is 314 g/mol. The number of halogens is 1. The monoisotopic (exact) mass is 313 g/mol. The van der Waals surface area contributed by atoms with Crippen LogP contribution in [0.15, 0.2) is 36.7 Å². The first-order valence-electron chi connectivity index (χ1n) is 7.47. The Kier molecular flexibility index (Phi) is 3.42. The smallest absolute Gasteiger partial charge is 0.163 e. The van der Waals surface area contributed by atoms with E-state index in [9.17, 15) is 0 Å². The van der Waals surface area contributed by atoms with Crippen LogP contribution >= 0.6 is 11.6 Å². The van der Waals surface area contributed by atoms with E-state index in [1.54, 1.807) is 6.20 Å². The molecule has 4 rings (SSSR count). The number of aromatic nitrogens is 4. The molecule has 0 amide bonds. The fourth-order valence-electron chi connectivity index (χ4n) is 3.10. The van der Waals surface area contributed by atoms with E-state index >= 15 is 0 Å². The Morgan fingerprint density at radius 2 is 2.23 bits per heavy atom. The number of hydrogen-bond donors (Lipinski definition) is 1. The summed E-state index contributed by atoms with van der Waals surface area (Å²) >= 11 is 6.39. The molecule has 4 heterocycles. The van der Waals surface area contributed by atoms with Gasteiger partial charge in [0.25, 0.3) is 0 Å². The number of fused-ring (bicyclic) bond motifs is 1. The first kappa shape index (κ1) is 13.5. The Labute approximate surface area is 133 Å². The van der Waals surface area contributed by atoms with Crippen LogP contribution in [0.3, 0.4) is 0 Å². The lowest BCUT2D eigenvalue weighted by Crippen LogP contribution is -2.35. The fraction of sp³-hybridized carbons (Fsp3) is 0.312. The zero-order valence-corrected chi connectivity index (χ0v) is 12.8. The lowest BCUT2D eigenvalue weighted by molar-refractivity contribution is 0.498. The Morgan fingerprint density at radius 3 is 3.09 bits per heavy atom. The topological polar surface area (TPSA) is 57.7 Å². The summed E-state index contributed by atoms with van der Waals surface area (Å²) in [5.74, 6) is 1.36. The second-order valence-electron chi connectivity index (χ2n) is 5.63. The summed E-state index contributed by atoms with van der Waals surface area (Å²) in [4.78, 5) is 11.3. The maximum Gasteiger partial charge on any atom is 0.163 e. The van der Waals surface area contributed by atoms with E-state index < -0.39 is 0 Å². The highest BCUT2D eigenvalue weighted by molar-refractivity contribution is 6.35. The van der Waals surface area contributed by atoms with Crippen molar-refractivity contribution in [1.29, 1.82) is 0 Å². The van der Waals surface area contributed by atoms with Crippen molar-refractivity contribution in [3.63, 3.8) is 0 Å². The molecule has 1 aliphatic rings. The van der Waals surface area contributed by atoms with Crippen LogP contribution in [0.25, 0.3) is 11.0 Å². The summed E-state index contributed by atoms with van der Waals surface area (Å²) < 4.78 is 0.